The molecule has 0 aliphatic heterocycles. The molecular weight excluding hydrogens is 248 g/mol. The van der Waals surface area contributed by atoms with Crippen LogP contribution in [0.5, 0.6) is 5.75 Å². The summed E-state index contributed by atoms with van der Waals surface area (Å²) >= 11 is 0. The first-order valence-electron chi connectivity index (χ1n) is 7.10. The number of hydrogen-bond acceptors (Lipinski definition) is 2. The second kappa shape index (κ2) is 6.00. The first-order chi connectivity index (χ1) is 9.55. The van der Waals surface area contributed by atoms with Gasteiger partial charge in [-0.1, -0.05) is 6.42 Å². The summed E-state index contributed by atoms with van der Waals surface area (Å²) in [5.41, 5.74) is 1.04. The van der Waals surface area contributed by atoms with E-state index in [2.05, 4.69) is 35.0 Å². The number of nitriles is 1. The van der Waals surface area contributed by atoms with Crippen LogP contribution in [0.1, 0.15) is 33.1 Å². The van der Waals surface area contributed by atoms with E-state index in [0.717, 1.165) is 31.6 Å². The summed E-state index contributed by atoms with van der Waals surface area (Å²) in [5, 5.41) is 10.2. The summed E-state index contributed by atoms with van der Waals surface area (Å²) in [6.45, 7) is 5.01. The van der Waals surface area contributed by atoms with E-state index in [9.17, 15) is 0 Å². The fourth-order valence-corrected chi connectivity index (χ4v) is 2.41. The summed E-state index contributed by atoms with van der Waals surface area (Å²) in [4.78, 5) is 0. The number of nitrogens with zero attached hydrogens (tertiary/aromatic N) is 2. The third-order valence-electron chi connectivity index (χ3n) is 3.73. The highest BCUT2D eigenvalue weighted by Gasteiger charge is 2.15. The number of unbranched alkanes of at least 4 members (excludes halogenated alkanes) is 1. The molecule has 0 saturated carbocycles. The molecule has 20 heavy (non-hydrogen) atoms. The maximum atomic E-state index is 9.00. The van der Waals surface area contributed by atoms with Gasteiger partial charge in [-0.2, -0.15) is 5.26 Å². The van der Waals surface area contributed by atoms with Gasteiger partial charge >= 0.3 is 0 Å². The summed E-state index contributed by atoms with van der Waals surface area (Å²) in [6, 6.07) is 10.6. The van der Waals surface area contributed by atoms with Gasteiger partial charge in [0.2, 0.25) is 0 Å². The number of benzene rings is 1. The summed E-state index contributed by atoms with van der Waals surface area (Å²) in [5.74, 6) is 0.894. The molecule has 0 N–H and O–H groups in total. The van der Waals surface area contributed by atoms with Crippen molar-refractivity contribution in [2.24, 2.45) is 5.41 Å². The van der Waals surface area contributed by atoms with E-state index in [1.807, 2.05) is 19.9 Å². The Morgan fingerprint density at radius 2 is 2.05 bits per heavy atom. The minimum Gasteiger partial charge on any atom is -0.497 e. The Morgan fingerprint density at radius 3 is 2.75 bits per heavy atom. The van der Waals surface area contributed by atoms with Gasteiger partial charge < -0.3 is 9.30 Å². The first kappa shape index (κ1) is 14.5. The lowest BCUT2D eigenvalue weighted by Crippen LogP contribution is -2.08. The van der Waals surface area contributed by atoms with Crippen LogP contribution >= 0.6 is 0 Å². The topological polar surface area (TPSA) is 38.0 Å². The Kier molecular flexibility index (Phi) is 4.34. The normalized spacial score (nSPS) is 11.5. The lowest BCUT2D eigenvalue weighted by atomic mass is 9.89. The lowest BCUT2D eigenvalue weighted by molar-refractivity contribution is 0.415. The zero-order chi connectivity index (χ0) is 14.6. The van der Waals surface area contributed by atoms with Gasteiger partial charge in [-0.05, 0) is 51.0 Å². The molecule has 0 saturated heterocycles. The standard InChI is InChI=1S/C17H22N2O/c1-17(2,13-18)9-4-5-10-19-11-8-14-12-15(20-3)6-7-16(14)19/h6-8,11-12H,4-5,9-10H2,1-3H3. The predicted molar refractivity (Wildman–Crippen MR) is 81.7 cm³/mol. The van der Waals surface area contributed by atoms with Gasteiger partial charge in [-0.3, -0.25) is 0 Å². The van der Waals surface area contributed by atoms with Crippen molar-refractivity contribution in [2.75, 3.05) is 7.11 Å². The quantitative estimate of drug-likeness (QED) is 0.731. The number of hydrogen-bond donors (Lipinski definition) is 0. The van der Waals surface area contributed by atoms with Gasteiger partial charge in [0.25, 0.3) is 0 Å². The molecule has 0 aliphatic carbocycles. The number of aromatic nitrogens is 1. The van der Waals surface area contributed by atoms with Gasteiger partial charge in [0.15, 0.2) is 0 Å². The van der Waals surface area contributed by atoms with Crippen molar-refractivity contribution in [1.29, 1.82) is 5.26 Å². The summed E-state index contributed by atoms with van der Waals surface area (Å²) in [6.07, 6.45) is 5.26. The van der Waals surface area contributed by atoms with Gasteiger partial charge in [0.1, 0.15) is 5.75 Å². The number of aryl methyl sites for hydroxylation is 1. The van der Waals surface area contributed by atoms with E-state index < -0.39 is 0 Å². The van der Waals surface area contributed by atoms with Crippen LogP contribution in [0.3, 0.4) is 0 Å². The van der Waals surface area contributed by atoms with Crippen LogP contribution < -0.4 is 4.74 Å². The van der Waals surface area contributed by atoms with E-state index >= 15 is 0 Å². The molecule has 1 aromatic carbocycles. The Bertz CT molecular complexity index is 619. The van der Waals surface area contributed by atoms with Crippen molar-refractivity contribution in [2.45, 2.75) is 39.7 Å². The van der Waals surface area contributed by atoms with Crippen LogP contribution in [0.25, 0.3) is 10.9 Å². The Balaban J connectivity index is 1.96. The summed E-state index contributed by atoms with van der Waals surface area (Å²) < 4.78 is 7.51. The van der Waals surface area contributed by atoms with Crippen LogP contribution in [0, 0.1) is 16.7 Å². The van der Waals surface area contributed by atoms with Crippen molar-refractivity contribution >= 4 is 10.9 Å². The highest BCUT2D eigenvalue weighted by Crippen LogP contribution is 2.24. The number of rotatable bonds is 6. The smallest absolute Gasteiger partial charge is 0.119 e. The SMILES string of the molecule is COc1ccc2c(ccn2CCCCC(C)(C)C#N)c1. The maximum Gasteiger partial charge on any atom is 0.119 e. The molecule has 2 rings (SSSR count). The molecule has 0 radical (unpaired) electrons. The third-order valence-corrected chi connectivity index (χ3v) is 3.73. The maximum absolute atomic E-state index is 9.00. The molecule has 3 heteroatoms. The first-order valence-corrected chi connectivity index (χ1v) is 7.10. The molecule has 0 amide bonds. The average Bonchev–Trinajstić information content (AvgIpc) is 2.86. The molecule has 2 aromatic rings. The van der Waals surface area contributed by atoms with Crippen molar-refractivity contribution in [3.8, 4) is 11.8 Å². The zero-order valence-electron chi connectivity index (χ0n) is 12.5. The summed E-state index contributed by atoms with van der Waals surface area (Å²) in [7, 11) is 1.69. The molecule has 0 unspecified atom stereocenters. The molecule has 106 valence electrons. The van der Waals surface area contributed by atoms with Gasteiger partial charge in [0.05, 0.1) is 18.6 Å². The highest BCUT2D eigenvalue weighted by atomic mass is 16.5. The van der Waals surface area contributed by atoms with Gasteiger partial charge in [-0.25, -0.2) is 0 Å². The van der Waals surface area contributed by atoms with E-state index in [4.69, 9.17) is 10.00 Å². The fraction of sp³-hybridized carbons (Fsp3) is 0.471. The van der Waals surface area contributed by atoms with E-state index in [1.165, 1.54) is 10.9 Å². The molecule has 3 nitrogen and oxygen atoms in total. The monoisotopic (exact) mass is 270 g/mol. The zero-order valence-corrected chi connectivity index (χ0v) is 12.5. The van der Waals surface area contributed by atoms with Crippen molar-refractivity contribution in [3.05, 3.63) is 30.5 Å². The van der Waals surface area contributed by atoms with E-state index in [1.54, 1.807) is 7.11 Å². The minimum atomic E-state index is -0.202. The van der Waals surface area contributed by atoms with Crippen LogP contribution in [0.15, 0.2) is 30.5 Å². The Hall–Kier alpha value is -1.95. The molecule has 0 aliphatic rings. The molecular formula is C17H22N2O. The van der Waals surface area contributed by atoms with E-state index in [0.29, 0.717) is 0 Å². The predicted octanol–water partition coefficient (Wildman–Crippen LogP) is 4.37. The van der Waals surface area contributed by atoms with Crippen LogP contribution in [0.2, 0.25) is 0 Å². The fourth-order valence-electron chi connectivity index (χ4n) is 2.41. The van der Waals surface area contributed by atoms with Gasteiger partial charge in [0, 0.05) is 23.6 Å². The minimum absolute atomic E-state index is 0.202. The van der Waals surface area contributed by atoms with Crippen LogP contribution in [-0.2, 0) is 6.54 Å². The van der Waals surface area contributed by atoms with Crippen molar-refractivity contribution in [3.63, 3.8) is 0 Å². The molecule has 0 fully saturated rings. The molecule has 0 bridgehead atoms. The highest BCUT2D eigenvalue weighted by molar-refractivity contribution is 5.81. The third kappa shape index (κ3) is 3.33. The number of methoxy groups -OCH3 is 1. The lowest BCUT2D eigenvalue weighted by Gasteiger charge is -2.14. The van der Waals surface area contributed by atoms with E-state index in [-0.39, 0.29) is 5.41 Å². The molecule has 1 heterocycles. The average molecular weight is 270 g/mol. The van der Waals surface area contributed by atoms with Gasteiger partial charge in [-0.15, -0.1) is 0 Å². The Labute approximate surface area is 120 Å². The molecule has 1 aromatic heterocycles. The van der Waals surface area contributed by atoms with Crippen LogP contribution in [-0.4, -0.2) is 11.7 Å². The number of ether oxygens (including phenoxy) is 1. The second-order valence-electron chi connectivity index (χ2n) is 5.89. The largest absolute Gasteiger partial charge is 0.497 e. The number of fused-ring (bicyclic) bond motifs is 1. The van der Waals surface area contributed by atoms with Crippen LogP contribution in [0.4, 0.5) is 0 Å². The Morgan fingerprint density at radius 1 is 1.25 bits per heavy atom. The second-order valence-corrected chi connectivity index (χ2v) is 5.89. The molecule has 0 spiro atoms. The van der Waals surface area contributed by atoms with Crippen molar-refractivity contribution < 1.29 is 4.74 Å². The van der Waals surface area contributed by atoms with Crippen molar-refractivity contribution in [1.82, 2.24) is 4.57 Å². The molecule has 0 atom stereocenters.